The van der Waals surface area contributed by atoms with Gasteiger partial charge >= 0.3 is 0 Å². The van der Waals surface area contributed by atoms with Crippen molar-refractivity contribution in [2.45, 2.75) is 33.6 Å². The Morgan fingerprint density at radius 1 is 1.31 bits per heavy atom. The minimum atomic E-state index is 0.437. The zero-order valence-corrected chi connectivity index (χ0v) is 10.6. The summed E-state index contributed by atoms with van der Waals surface area (Å²) in [6.07, 6.45) is 2.62. The third-order valence-electron chi connectivity index (χ3n) is 3.46. The molecule has 0 saturated carbocycles. The molecule has 1 aromatic rings. The molecule has 1 fully saturated rings. The van der Waals surface area contributed by atoms with Crippen molar-refractivity contribution < 1.29 is 0 Å². The zero-order chi connectivity index (χ0) is 11.8. The van der Waals surface area contributed by atoms with E-state index < -0.39 is 0 Å². The predicted molar refractivity (Wildman–Crippen MR) is 70.8 cm³/mol. The van der Waals surface area contributed by atoms with Gasteiger partial charge in [0.05, 0.1) is 0 Å². The summed E-state index contributed by atoms with van der Waals surface area (Å²) in [5.41, 5.74) is 9.73. The van der Waals surface area contributed by atoms with Gasteiger partial charge in [0.1, 0.15) is 0 Å². The molecule has 0 aliphatic carbocycles. The number of hydrogen-bond acceptors (Lipinski definition) is 2. The third-order valence-corrected chi connectivity index (χ3v) is 3.46. The Bertz CT molecular complexity index is 382. The van der Waals surface area contributed by atoms with Crippen LogP contribution in [0, 0.1) is 12.3 Å². The van der Waals surface area contributed by atoms with E-state index >= 15 is 0 Å². The van der Waals surface area contributed by atoms with Crippen LogP contribution in [0.3, 0.4) is 0 Å². The van der Waals surface area contributed by atoms with Gasteiger partial charge in [-0.25, -0.2) is 0 Å². The van der Waals surface area contributed by atoms with Crippen LogP contribution in [0.2, 0.25) is 0 Å². The Morgan fingerprint density at radius 2 is 2.06 bits per heavy atom. The number of benzene rings is 1. The molecule has 0 atom stereocenters. The molecule has 2 rings (SSSR count). The number of rotatable bonds is 1. The monoisotopic (exact) mass is 218 g/mol. The molecule has 2 N–H and O–H groups in total. The van der Waals surface area contributed by atoms with E-state index in [1.165, 1.54) is 30.6 Å². The van der Waals surface area contributed by atoms with Gasteiger partial charge in [-0.3, -0.25) is 0 Å². The van der Waals surface area contributed by atoms with Crippen LogP contribution in [-0.2, 0) is 0 Å². The molecule has 1 aliphatic rings. The van der Waals surface area contributed by atoms with Crippen molar-refractivity contribution in [2.75, 3.05) is 23.7 Å². The van der Waals surface area contributed by atoms with Crippen molar-refractivity contribution in [2.24, 2.45) is 5.41 Å². The van der Waals surface area contributed by atoms with E-state index in [4.69, 9.17) is 5.73 Å². The van der Waals surface area contributed by atoms with Gasteiger partial charge in [-0.1, -0.05) is 13.8 Å². The van der Waals surface area contributed by atoms with Crippen molar-refractivity contribution in [3.8, 4) is 0 Å². The summed E-state index contributed by atoms with van der Waals surface area (Å²) in [5.74, 6) is 0. The number of anilines is 2. The fraction of sp³-hybridized carbons (Fsp3) is 0.571. The Hall–Kier alpha value is -1.18. The van der Waals surface area contributed by atoms with Crippen molar-refractivity contribution in [3.05, 3.63) is 23.8 Å². The Balaban J connectivity index is 2.23. The minimum Gasteiger partial charge on any atom is -0.399 e. The predicted octanol–water partition coefficient (Wildman–Crippen LogP) is 3.20. The maximum absolute atomic E-state index is 5.79. The number of piperidine rings is 1. The van der Waals surface area contributed by atoms with Crippen LogP contribution >= 0.6 is 0 Å². The Kier molecular flexibility index (Phi) is 2.83. The molecule has 1 aromatic carbocycles. The van der Waals surface area contributed by atoms with Crippen LogP contribution in [0.1, 0.15) is 32.3 Å². The molecule has 0 unspecified atom stereocenters. The summed E-state index contributed by atoms with van der Waals surface area (Å²) in [6.45, 7) is 9.18. The molecule has 1 aliphatic heterocycles. The first kappa shape index (κ1) is 11.3. The van der Waals surface area contributed by atoms with Crippen LogP contribution in [0.5, 0.6) is 0 Å². The molecule has 16 heavy (non-hydrogen) atoms. The van der Waals surface area contributed by atoms with Crippen molar-refractivity contribution in [3.63, 3.8) is 0 Å². The highest BCUT2D eigenvalue weighted by Crippen LogP contribution is 2.33. The first-order valence-electron chi connectivity index (χ1n) is 6.09. The molecule has 1 saturated heterocycles. The van der Waals surface area contributed by atoms with E-state index in [-0.39, 0.29) is 0 Å². The molecule has 0 radical (unpaired) electrons. The number of hydrogen-bond donors (Lipinski definition) is 1. The zero-order valence-electron chi connectivity index (χ0n) is 10.6. The number of nitrogen functional groups attached to an aromatic ring is 1. The molecular weight excluding hydrogens is 196 g/mol. The fourth-order valence-electron chi connectivity index (χ4n) is 2.66. The van der Waals surface area contributed by atoms with Gasteiger partial charge < -0.3 is 10.6 Å². The first-order chi connectivity index (χ1) is 7.48. The van der Waals surface area contributed by atoms with Crippen molar-refractivity contribution >= 4 is 11.4 Å². The molecule has 88 valence electrons. The molecule has 1 heterocycles. The van der Waals surface area contributed by atoms with E-state index in [0.29, 0.717) is 5.41 Å². The second-order valence-corrected chi connectivity index (χ2v) is 5.74. The van der Waals surface area contributed by atoms with E-state index in [0.717, 1.165) is 12.2 Å². The number of aryl methyl sites for hydroxylation is 1. The highest BCUT2D eigenvalue weighted by Gasteiger charge is 2.26. The lowest BCUT2D eigenvalue weighted by molar-refractivity contribution is 0.293. The average Bonchev–Trinajstić information content (AvgIpc) is 2.15. The molecule has 0 spiro atoms. The number of nitrogens with two attached hydrogens (primary N) is 1. The van der Waals surface area contributed by atoms with Gasteiger partial charge in [-0.2, -0.15) is 0 Å². The van der Waals surface area contributed by atoms with Gasteiger partial charge in [-0.05, 0) is 48.9 Å². The van der Waals surface area contributed by atoms with Crippen molar-refractivity contribution in [1.29, 1.82) is 0 Å². The van der Waals surface area contributed by atoms with E-state index in [2.05, 4.69) is 37.8 Å². The molecule has 2 nitrogen and oxygen atoms in total. The summed E-state index contributed by atoms with van der Waals surface area (Å²) >= 11 is 0. The summed E-state index contributed by atoms with van der Waals surface area (Å²) in [7, 11) is 0. The van der Waals surface area contributed by atoms with Gasteiger partial charge in [-0.15, -0.1) is 0 Å². The quantitative estimate of drug-likeness (QED) is 0.733. The lowest BCUT2D eigenvalue weighted by Crippen LogP contribution is -2.40. The molecule has 2 heteroatoms. The average molecular weight is 218 g/mol. The van der Waals surface area contributed by atoms with Gasteiger partial charge in [0, 0.05) is 24.5 Å². The standard InChI is InChI=1S/C14H22N2/c1-11-9-12(15)5-6-13(11)16-8-4-7-14(2,3)10-16/h5-6,9H,4,7-8,10,15H2,1-3H3. The second-order valence-electron chi connectivity index (χ2n) is 5.74. The molecule has 0 aromatic heterocycles. The molecule has 0 bridgehead atoms. The SMILES string of the molecule is Cc1cc(N)ccc1N1CCCC(C)(C)C1. The van der Waals surface area contributed by atoms with Crippen LogP contribution in [0.15, 0.2) is 18.2 Å². The number of nitrogens with zero attached hydrogens (tertiary/aromatic N) is 1. The normalized spacial score (nSPS) is 19.8. The summed E-state index contributed by atoms with van der Waals surface area (Å²) in [6, 6.07) is 6.23. The van der Waals surface area contributed by atoms with Gasteiger partial charge in [0.2, 0.25) is 0 Å². The summed E-state index contributed by atoms with van der Waals surface area (Å²) < 4.78 is 0. The smallest absolute Gasteiger partial charge is 0.0397 e. The lowest BCUT2D eigenvalue weighted by atomic mass is 9.84. The van der Waals surface area contributed by atoms with Gasteiger partial charge in [0.25, 0.3) is 0 Å². The maximum atomic E-state index is 5.79. The van der Waals surface area contributed by atoms with E-state index in [1.807, 2.05) is 6.07 Å². The fourth-order valence-corrected chi connectivity index (χ4v) is 2.66. The molecule has 0 amide bonds. The van der Waals surface area contributed by atoms with E-state index in [9.17, 15) is 0 Å². The highest BCUT2D eigenvalue weighted by atomic mass is 15.1. The van der Waals surface area contributed by atoms with E-state index in [1.54, 1.807) is 0 Å². The van der Waals surface area contributed by atoms with Crippen LogP contribution in [0.25, 0.3) is 0 Å². The molecular formula is C14H22N2. The largest absolute Gasteiger partial charge is 0.399 e. The highest BCUT2D eigenvalue weighted by molar-refractivity contribution is 5.59. The topological polar surface area (TPSA) is 29.3 Å². The Labute approximate surface area is 98.4 Å². The summed E-state index contributed by atoms with van der Waals surface area (Å²) in [5, 5.41) is 0. The Morgan fingerprint density at radius 3 is 2.69 bits per heavy atom. The van der Waals surface area contributed by atoms with Crippen LogP contribution in [-0.4, -0.2) is 13.1 Å². The maximum Gasteiger partial charge on any atom is 0.0397 e. The third kappa shape index (κ3) is 2.31. The first-order valence-corrected chi connectivity index (χ1v) is 6.09. The minimum absolute atomic E-state index is 0.437. The van der Waals surface area contributed by atoms with Crippen LogP contribution < -0.4 is 10.6 Å². The summed E-state index contributed by atoms with van der Waals surface area (Å²) in [4.78, 5) is 2.50. The van der Waals surface area contributed by atoms with Crippen LogP contribution in [0.4, 0.5) is 11.4 Å². The lowest BCUT2D eigenvalue weighted by Gasteiger charge is -2.40. The van der Waals surface area contributed by atoms with Gasteiger partial charge in [0.15, 0.2) is 0 Å². The second kappa shape index (κ2) is 4.00. The van der Waals surface area contributed by atoms with Crippen molar-refractivity contribution in [1.82, 2.24) is 0 Å².